The lowest BCUT2D eigenvalue weighted by Gasteiger charge is -1.94. The van der Waals surface area contributed by atoms with Gasteiger partial charge in [-0.25, -0.2) is 0 Å². The summed E-state index contributed by atoms with van der Waals surface area (Å²) in [5, 5.41) is 9.03. The van der Waals surface area contributed by atoms with Gasteiger partial charge in [-0.3, -0.25) is 0 Å². The summed E-state index contributed by atoms with van der Waals surface area (Å²) in [5.41, 5.74) is 0. The molecule has 11 heavy (non-hydrogen) atoms. The molecule has 60 valence electrons. The molecule has 0 amide bonds. The lowest BCUT2D eigenvalue weighted by Crippen LogP contribution is -1.74. The van der Waals surface area contributed by atoms with Crippen molar-refractivity contribution >= 4 is 52.0 Å². The first-order valence-corrected chi connectivity index (χ1v) is 4.79. The Morgan fingerprint density at radius 3 is 2.18 bits per heavy atom. The molecule has 0 radical (unpaired) electrons. The largest absolute Gasteiger partial charge is 0.507 e. The Balaban J connectivity index is 0.000000461. The highest BCUT2D eigenvalue weighted by molar-refractivity contribution is 14.1. The zero-order valence-electron chi connectivity index (χ0n) is 5.55. The third-order valence-corrected chi connectivity index (χ3v) is 2.44. The summed E-state index contributed by atoms with van der Waals surface area (Å²) in [5.74, 6) is 0.357. The summed E-state index contributed by atoms with van der Waals surface area (Å²) < 4.78 is 2.05. The molecule has 2 nitrogen and oxygen atoms in total. The van der Waals surface area contributed by atoms with E-state index in [0.717, 1.165) is 7.14 Å². The number of phenols is 1. The standard InChI is InChI=1S/C6H4I2O.CH2O/c7-4-1-2-6(9)5(8)3-4;1-2/h1-3,9H;1H2. The topological polar surface area (TPSA) is 37.3 Å². The number of benzene rings is 1. The number of hydrogen-bond acceptors (Lipinski definition) is 2. The van der Waals surface area contributed by atoms with Crippen LogP contribution in [0.25, 0.3) is 0 Å². The molecule has 0 aliphatic heterocycles. The number of aromatic hydroxyl groups is 1. The second kappa shape index (κ2) is 5.76. The van der Waals surface area contributed by atoms with Gasteiger partial charge in [0.05, 0.1) is 3.57 Å². The van der Waals surface area contributed by atoms with E-state index in [1.165, 1.54) is 0 Å². The third kappa shape index (κ3) is 3.90. The molecule has 4 heteroatoms. The number of phenolic OH excluding ortho intramolecular Hbond substituents is 1. The van der Waals surface area contributed by atoms with E-state index in [1.54, 1.807) is 6.07 Å². The molecule has 1 N–H and O–H groups in total. The minimum Gasteiger partial charge on any atom is -0.507 e. The summed E-state index contributed by atoms with van der Waals surface area (Å²) in [7, 11) is 0. The molecule has 1 aromatic carbocycles. The average molecular weight is 376 g/mol. The molecule has 0 saturated heterocycles. The predicted octanol–water partition coefficient (Wildman–Crippen LogP) is 2.42. The highest BCUT2D eigenvalue weighted by atomic mass is 127. The third-order valence-electron chi connectivity index (χ3n) is 0.910. The number of rotatable bonds is 0. The zero-order valence-corrected chi connectivity index (χ0v) is 9.87. The smallest absolute Gasteiger partial charge is 0.128 e. The minimum atomic E-state index is 0.357. The lowest BCUT2D eigenvalue weighted by atomic mass is 10.3. The quantitative estimate of drug-likeness (QED) is 0.707. The van der Waals surface area contributed by atoms with E-state index >= 15 is 0 Å². The Bertz CT molecular complexity index is 238. The van der Waals surface area contributed by atoms with E-state index in [1.807, 2.05) is 18.9 Å². The summed E-state index contributed by atoms with van der Waals surface area (Å²) in [6.45, 7) is 2.00. The molecule has 0 saturated carbocycles. The van der Waals surface area contributed by atoms with Gasteiger partial charge in [-0.2, -0.15) is 0 Å². The molecule has 0 aromatic heterocycles. The molecule has 0 spiro atoms. The number of hydrogen-bond donors (Lipinski definition) is 1. The molecule has 0 aliphatic rings. The summed E-state index contributed by atoms with van der Waals surface area (Å²) in [4.78, 5) is 8.00. The number of carbonyl (C=O) groups excluding carboxylic acids is 1. The van der Waals surface area contributed by atoms with Crippen LogP contribution < -0.4 is 0 Å². The van der Waals surface area contributed by atoms with Crippen LogP contribution in [0.1, 0.15) is 0 Å². The fraction of sp³-hybridized carbons (Fsp3) is 0. The normalized spacial score (nSPS) is 8.18. The Labute approximate surface area is 92.3 Å². The van der Waals surface area contributed by atoms with Crippen LogP contribution in [0, 0.1) is 7.14 Å². The summed E-state index contributed by atoms with van der Waals surface area (Å²) >= 11 is 4.30. The summed E-state index contributed by atoms with van der Waals surface area (Å²) in [6, 6.07) is 5.50. The molecule has 0 unspecified atom stereocenters. The Morgan fingerprint density at radius 1 is 1.27 bits per heavy atom. The van der Waals surface area contributed by atoms with Crippen LogP contribution in [0.2, 0.25) is 0 Å². The van der Waals surface area contributed by atoms with E-state index < -0.39 is 0 Å². The monoisotopic (exact) mass is 376 g/mol. The predicted molar refractivity (Wildman–Crippen MR) is 60.7 cm³/mol. The van der Waals surface area contributed by atoms with Crippen LogP contribution in [0.3, 0.4) is 0 Å². The highest BCUT2D eigenvalue weighted by Gasteiger charge is 1.94. The van der Waals surface area contributed by atoms with Crippen LogP contribution in [-0.4, -0.2) is 11.9 Å². The fourth-order valence-electron chi connectivity index (χ4n) is 0.481. The van der Waals surface area contributed by atoms with Crippen LogP contribution >= 0.6 is 45.2 Å². The molecule has 0 bridgehead atoms. The molecule has 0 atom stereocenters. The van der Waals surface area contributed by atoms with Gasteiger partial charge in [0.2, 0.25) is 0 Å². The van der Waals surface area contributed by atoms with E-state index in [-0.39, 0.29) is 0 Å². The van der Waals surface area contributed by atoms with Crippen molar-refractivity contribution in [3.8, 4) is 5.75 Å². The molecule has 0 fully saturated rings. The van der Waals surface area contributed by atoms with Crippen LogP contribution in [-0.2, 0) is 4.79 Å². The van der Waals surface area contributed by atoms with Crippen molar-refractivity contribution in [3.05, 3.63) is 25.3 Å². The minimum absolute atomic E-state index is 0.357. The van der Waals surface area contributed by atoms with Crippen molar-refractivity contribution < 1.29 is 9.90 Å². The second-order valence-corrected chi connectivity index (χ2v) is 4.00. The maximum atomic E-state index is 9.03. The van der Waals surface area contributed by atoms with Gasteiger partial charge < -0.3 is 9.90 Å². The van der Waals surface area contributed by atoms with Gasteiger partial charge in [0.1, 0.15) is 12.5 Å². The van der Waals surface area contributed by atoms with Gasteiger partial charge in [0.25, 0.3) is 0 Å². The van der Waals surface area contributed by atoms with Crippen LogP contribution in [0.15, 0.2) is 18.2 Å². The summed E-state index contributed by atoms with van der Waals surface area (Å²) in [6.07, 6.45) is 0. The Morgan fingerprint density at radius 2 is 1.82 bits per heavy atom. The fourth-order valence-corrected chi connectivity index (χ4v) is 2.08. The van der Waals surface area contributed by atoms with E-state index in [4.69, 9.17) is 9.90 Å². The van der Waals surface area contributed by atoms with E-state index in [2.05, 4.69) is 45.2 Å². The van der Waals surface area contributed by atoms with E-state index in [0.29, 0.717) is 5.75 Å². The Kier molecular flexibility index (Phi) is 5.83. The lowest BCUT2D eigenvalue weighted by molar-refractivity contribution is -0.0979. The molecule has 0 aliphatic carbocycles. The molecular formula is C7H6I2O2. The second-order valence-electron chi connectivity index (χ2n) is 1.60. The first kappa shape index (κ1) is 11.2. The van der Waals surface area contributed by atoms with Gasteiger partial charge in [0.15, 0.2) is 0 Å². The first-order valence-electron chi connectivity index (χ1n) is 2.63. The van der Waals surface area contributed by atoms with Crippen LogP contribution in [0.5, 0.6) is 5.75 Å². The Hall–Kier alpha value is 0.150. The van der Waals surface area contributed by atoms with Crippen molar-refractivity contribution in [2.24, 2.45) is 0 Å². The molecule has 1 aromatic rings. The molecule has 0 heterocycles. The van der Waals surface area contributed by atoms with Gasteiger partial charge in [0, 0.05) is 3.57 Å². The SMILES string of the molecule is C=O.Oc1ccc(I)cc1I. The first-order chi connectivity index (χ1) is 5.20. The average Bonchev–Trinajstić information content (AvgIpc) is 2.02. The maximum absolute atomic E-state index is 9.03. The zero-order chi connectivity index (χ0) is 8.85. The van der Waals surface area contributed by atoms with Crippen molar-refractivity contribution in [1.82, 2.24) is 0 Å². The van der Waals surface area contributed by atoms with E-state index in [9.17, 15) is 0 Å². The van der Waals surface area contributed by atoms with Crippen LogP contribution in [0.4, 0.5) is 0 Å². The number of halogens is 2. The van der Waals surface area contributed by atoms with Crippen molar-refractivity contribution in [2.45, 2.75) is 0 Å². The van der Waals surface area contributed by atoms with Crippen molar-refractivity contribution in [1.29, 1.82) is 0 Å². The van der Waals surface area contributed by atoms with Gasteiger partial charge in [-0.15, -0.1) is 0 Å². The van der Waals surface area contributed by atoms with Gasteiger partial charge >= 0.3 is 0 Å². The van der Waals surface area contributed by atoms with Gasteiger partial charge in [-0.05, 0) is 63.4 Å². The maximum Gasteiger partial charge on any atom is 0.128 e. The number of carbonyl (C=O) groups is 1. The molecular weight excluding hydrogens is 370 g/mol. The molecule has 1 rings (SSSR count). The van der Waals surface area contributed by atoms with Crippen molar-refractivity contribution in [3.63, 3.8) is 0 Å². The highest BCUT2D eigenvalue weighted by Crippen LogP contribution is 2.20. The van der Waals surface area contributed by atoms with Crippen molar-refractivity contribution in [2.75, 3.05) is 0 Å². The van der Waals surface area contributed by atoms with Gasteiger partial charge in [-0.1, -0.05) is 0 Å².